The second-order valence-electron chi connectivity index (χ2n) is 5.43. The van der Waals surface area contributed by atoms with Gasteiger partial charge in [0.1, 0.15) is 0 Å². The Hall–Kier alpha value is -3.36. The molecule has 4 rings (SSSR count). The summed E-state index contributed by atoms with van der Waals surface area (Å²) in [6.45, 7) is 3.86. The number of aromatic amines is 1. The number of hydrogen-bond acceptors (Lipinski definition) is 6. The quantitative estimate of drug-likeness (QED) is 0.612. The Morgan fingerprint density at radius 3 is 2.71 bits per heavy atom. The van der Waals surface area contributed by atoms with E-state index >= 15 is 0 Å². The lowest BCUT2D eigenvalue weighted by molar-refractivity contribution is 0.759. The molecule has 0 radical (unpaired) electrons. The van der Waals surface area contributed by atoms with E-state index in [0.717, 1.165) is 22.6 Å². The van der Waals surface area contributed by atoms with Crippen LogP contribution >= 0.6 is 0 Å². The van der Waals surface area contributed by atoms with E-state index in [9.17, 15) is 0 Å². The van der Waals surface area contributed by atoms with Gasteiger partial charge in [-0.05, 0) is 26.0 Å². The molecular formula is C15H15N9. The average Bonchev–Trinajstić information content (AvgIpc) is 3.28. The zero-order valence-electron chi connectivity index (χ0n) is 13.5. The Kier molecular flexibility index (Phi) is 3.19. The van der Waals surface area contributed by atoms with Crippen LogP contribution in [0.15, 0.2) is 18.6 Å². The Balaban J connectivity index is 1.68. The third kappa shape index (κ3) is 2.35. The van der Waals surface area contributed by atoms with Crippen molar-refractivity contribution in [3.8, 4) is 11.4 Å². The molecule has 24 heavy (non-hydrogen) atoms. The highest BCUT2D eigenvalue weighted by atomic mass is 15.3. The minimum atomic E-state index is 0.599. The smallest absolute Gasteiger partial charge is 0.184 e. The Bertz CT molecular complexity index is 998. The minimum absolute atomic E-state index is 0.599. The number of hydrogen-bond donors (Lipinski definition) is 1. The molecule has 0 saturated heterocycles. The van der Waals surface area contributed by atoms with Crippen LogP contribution in [-0.2, 0) is 7.05 Å². The summed E-state index contributed by atoms with van der Waals surface area (Å²) in [7, 11) is 1.84. The summed E-state index contributed by atoms with van der Waals surface area (Å²) in [6, 6.07) is 0. The molecular weight excluding hydrogens is 306 g/mol. The molecule has 0 saturated carbocycles. The lowest BCUT2D eigenvalue weighted by Crippen LogP contribution is -1.97. The summed E-state index contributed by atoms with van der Waals surface area (Å²) in [5.74, 6) is 1.92. The molecule has 0 bridgehead atoms. The molecule has 4 heterocycles. The van der Waals surface area contributed by atoms with E-state index in [4.69, 9.17) is 0 Å². The van der Waals surface area contributed by atoms with Crippen LogP contribution in [0.1, 0.15) is 23.0 Å². The van der Waals surface area contributed by atoms with Crippen molar-refractivity contribution in [3.63, 3.8) is 0 Å². The molecule has 9 heteroatoms. The van der Waals surface area contributed by atoms with Crippen LogP contribution in [0.2, 0.25) is 0 Å². The number of nitrogens with one attached hydrogen (secondary N) is 1. The van der Waals surface area contributed by atoms with Crippen molar-refractivity contribution in [1.29, 1.82) is 0 Å². The van der Waals surface area contributed by atoms with Gasteiger partial charge in [-0.1, -0.05) is 0 Å². The van der Waals surface area contributed by atoms with Crippen molar-refractivity contribution in [1.82, 2.24) is 44.5 Å². The Morgan fingerprint density at radius 1 is 1.08 bits per heavy atom. The fraction of sp³-hybridized carbons (Fsp3) is 0.200. The maximum atomic E-state index is 4.50. The Labute approximate surface area is 137 Å². The van der Waals surface area contributed by atoms with Crippen molar-refractivity contribution < 1.29 is 0 Å². The Morgan fingerprint density at radius 2 is 1.96 bits per heavy atom. The molecule has 120 valence electrons. The average molecular weight is 321 g/mol. The molecule has 0 amide bonds. The zero-order chi connectivity index (χ0) is 16.7. The van der Waals surface area contributed by atoms with Gasteiger partial charge in [0.25, 0.3) is 0 Å². The molecule has 0 aliphatic heterocycles. The topological polar surface area (TPSA) is 102 Å². The minimum Gasteiger partial charge on any atom is -0.285 e. The molecule has 0 fully saturated rings. The van der Waals surface area contributed by atoms with Gasteiger partial charge in [-0.3, -0.25) is 10.1 Å². The summed E-state index contributed by atoms with van der Waals surface area (Å²) in [5, 5.41) is 15.5. The molecule has 4 aromatic heterocycles. The van der Waals surface area contributed by atoms with E-state index < -0.39 is 0 Å². The third-order valence-corrected chi connectivity index (χ3v) is 3.66. The molecule has 0 spiro atoms. The van der Waals surface area contributed by atoms with Crippen molar-refractivity contribution in [3.05, 3.63) is 41.6 Å². The molecule has 4 aromatic rings. The maximum absolute atomic E-state index is 4.50. The zero-order valence-corrected chi connectivity index (χ0v) is 13.5. The number of aryl methyl sites for hydroxylation is 3. The second-order valence-corrected chi connectivity index (χ2v) is 5.43. The summed E-state index contributed by atoms with van der Waals surface area (Å²) >= 11 is 0. The van der Waals surface area contributed by atoms with Crippen LogP contribution in [0.5, 0.6) is 0 Å². The first kappa shape index (κ1) is 14.2. The van der Waals surface area contributed by atoms with E-state index in [2.05, 4.69) is 35.3 Å². The van der Waals surface area contributed by atoms with Crippen LogP contribution in [0.25, 0.3) is 29.2 Å². The summed E-state index contributed by atoms with van der Waals surface area (Å²) in [5.41, 5.74) is 3.37. The van der Waals surface area contributed by atoms with E-state index in [1.165, 1.54) is 0 Å². The molecule has 9 nitrogen and oxygen atoms in total. The monoisotopic (exact) mass is 321 g/mol. The fourth-order valence-corrected chi connectivity index (χ4v) is 2.37. The third-order valence-electron chi connectivity index (χ3n) is 3.66. The van der Waals surface area contributed by atoms with Crippen LogP contribution in [-0.4, -0.2) is 44.5 Å². The largest absolute Gasteiger partial charge is 0.285 e. The standard InChI is InChI=1S/C15H15N9/c1-9-6-16-10(2)15-19-12(21-24(9)15)4-5-13-20-14(22-23(13)3)11-7-17-18-8-11/h4-8H,1-3H3,(H,17,18)/b5-4+. The molecule has 0 atom stereocenters. The lowest BCUT2D eigenvalue weighted by Gasteiger charge is -1.97. The second kappa shape index (κ2) is 5.37. The van der Waals surface area contributed by atoms with E-state index in [1.54, 1.807) is 27.8 Å². The van der Waals surface area contributed by atoms with Gasteiger partial charge in [-0.2, -0.15) is 10.2 Å². The van der Waals surface area contributed by atoms with Crippen molar-refractivity contribution in [2.24, 2.45) is 7.05 Å². The highest BCUT2D eigenvalue weighted by Gasteiger charge is 2.09. The number of fused-ring (bicyclic) bond motifs is 1. The molecule has 0 aliphatic rings. The normalized spacial score (nSPS) is 11.8. The van der Waals surface area contributed by atoms with Gasteiger partial charge in [0.15, 0.2) is 23.1 Å². The van der Waals surface area contributed by atoms with Crippen LogP contribution in [0, 0.1) is 13.8 Å². The number of aromatic nitrogens is 9. The lowest BCUT2D eigenvalue weighted by atomic mass is 10.3. The van der Waals surface area contributed by atoms with Gasteiger partial charge in [0.2, 0.25) is 0 Å². The maximum Gasteiger partial charge on any atom is 0.184 e. The predicted molar refractivity (Wildman–Crippen MR) is 87.8 cm³/mol. The molecule has 0 aromatic carbocycles. The summed E-state index contributed by atoms with van der Waals surface area (Å²) < 4.78 is 3.49. The summed E-state index contributed by atoms with van der Waals surface area (Å²) in [4.78, 5) is 13.3. The number of nitrogens with zero attached hydrogens (tertiary/aromatic N) is 8. The molecule has 0 aliphatic carbocycles. The molecule has 0 unspecified atom stereocenters. The van der Waals surface area contributed by atoms with Crippen LogP contribution in [0.3, 0.4) is 0 Å². The van der Waals surface area contributed by atoms with Crippen molar-refractivity contribution in [2.45, 2.75) is 13.8 Å². The summed E-state index contributed by atoms with van der Waals surface area (Å²) in [6.07, 6.45) is 8.87. The van der Waals surface area contributed by atoms with Gasteiger partial charge in [-0.15, -0.1) is 5.10 Å². The van der Waals surface area contributed by atoms with E-state index in [0.29, 0.717) is 17.5 Å². The van der Waals surface area contributed by atoms with Gasteiger partial charge in [-0.25, -0.2) is 19.2 Å². The number of H-pyrrole nitrogens is 1. The van der Waals surface area contributed by atoms with E-state index in [1.807, 2.05) is 33.0 Å². The highest BCUT2D eigenvalue weighted by Crippen LogP contribution is 2.14. The SMILES string of the molecule is Cc1ncc(C)n2nc(/C=C/c3nc(-c4cn[nH]c4)nn3C)nc12. The van der Waals surface area contributed by atoms with Crippen molar-refractivity contribution >= 4 is 17.8 Å². The molecule has 1 N–H and O–H groups in total. The van der Waals surface area contributed by atoms with Crippen molar-refractivity contribution in [2.75, 3.05) is 0 Å². The van der Waals surface area contributed by atoms with Gasteiger partial charge >= 0.3 is 0 Å². The van der Waals surface area contributed by atoms with Crippen LogP contribution < -0.4 is 0 Å². The predicted octanol–water partition coefficient (Wildman–Crippen LogP) is 1.43. The highest BCUT2D eigenvalue weighted by molar-refractivity contribution is 5.65. The first-order valence-electron chi connectivity index (χ1n) is 7.39. The fourth-order valence-electron chi connectivity index (χ4n) is 2.37. The van der Waals surface area contributed by atoms with Gasteiger partial charge < -0.3 is 0 Å². The van der Waals surface area contributed by atoms with Crippen LogP contribution in [0.4, 0.5) is 0 Å². The van der Waals surface area contributed by atoms with Gasteiger partial charge in [0.05, 0.1) is 23.1 Å². The first-order valence-corrected chi connectivity index (χ1v) is 7.39. The van der Waals surface area contributed by atoms with Gasteiger partial charge in [0, 0.05) is 19.4 Å². The van der Waals surface area contributed by atoms with E-state index in [-0.39, 0.29) is 0 Å². The first-order chi connectivity index (χ1) is 11.6. The number of rotatable bonds is 3.